The van der Waals surface area contributed by atoms with Crippen LogP contribution in [-0.4, -0.2) is 93.6 Å². The van der Waals surface area contributed by atoms with Gasteiger partial charge in [-0.05, 0) is 69.5 Å². The van der Waals surface area contributed by atoms with Crippen molar-refractivity contribution in [2.45, 2.75) is 101 Å². The Kier molecular flexibility index (Phi) is 10.7. The molecule has 3 fully saturated rings. The lowest BCUT2D eigenvalue weighted by Gasteiger charge is -2.32. The number of hydrogen-bond donors (Lipinski definition) is 0. The van der Waals surface area contributed by atoms with Crippen molar-refractivity contribution in [2.24, 2.45) is 0 Å². The van der Waals surface area contributed by atoms with Crippen molar-refractivity contribution in [3.05, 3.63) is 64.1 Å². The van der Waals surface area contributed by atoms with E-state index >= 15 is 0 Å². The van der Waals surface area contributed by atoms with Crippen LogP contribution >= 0.6 is 27.5 Å². The Bertz CT molecular complexity index is 2060. The highest BCUT2D eigenvalue weighted by molar-refractivity contribution is 9.10. The van der Waals surface area contributed by atoms with Crippen LogP contribution in [-0.2, 0) is 44.6 Å². The van der Waals surface area contributed by atoms with E-state index in [1.165, 1.54) is 12.1 Å². The third kappa shape index (κ3) is 8.13. The molecule has 0 saturated carbocycles. The summed E-state index contributed by atoms with van der Waals surface area (Å²) in [6.45, 7) is 15.9. The van der Waals surface area contributed by atoms with Crippen LogP contribution in [0.4, 0.5) is 0 Å². The first-order chi connectivity index (χ1) is 24.9. The maximum atomic E-state index is 13.0. The average molecular weight is 849 g/mol. The lowest BCUT2D eigenvalue weighted by atomic mass is 9.79. The zero-order chi connectivity index (χ0) is 37.9. The highest BCUT2D eigenvalue weighted by Crippen LogP contribution is 2.38. The van der Waals surface area contributed by atoms with E-state index in [1.54, 1.807) is 16.7 Å². The maximum absolute atomic E-state index is 13.0. The Hall–Kier alpha value is -2.38. The molecule has 53 heavy (non-hydrogen) atoms. The normalized spacial score (nSPS) is 23.9. The van der Waals surface area contributed by atoms with E-state index in [0.717, 1.165) is 21.5 Å². The van der Waals surface area contributed by atoms with Crippen molar-refractivity contribution in [1.82, 2.24) is 14.5 Å². The smallest absolute Gasteiger partial charge is 0.456 e. The minimum Gasteiger partial charge on any atom is -0.456 e. The molecule has 3 aliphatic rings. The summed E-state index contributed by atoms with van der Waals surface area (Å²) < 4.78 is 71.4. The number of rotatable bonds is 12. The van der Waals surface area contributed by atoms with E-state index in [2.05, 4.69) is 35.6 Å². The Morgan fingerprint density at radius 1 is 0.943 bits per heavy atom. The van der Waals surface area contributed by atoms with E-state index < -0.39 is 60.9 Å². The van der Waals surface area contributed by atoms with Crippen LogP contribution in [0, 0.1) is 0 Å². The largest absolute Gasteiger partial charge is 0.494 e. The molecule has 284 valence electrons. The standard InChI is InChI=1S/C36H44BBrClN3O9SSi/c1-35(2)36(3,4)51-37(50-35)23-10-8-22(9-11-23)30-26(39)18-27-33(40-30)41-34(42(27)21-45-16-17-53(5,6)7)48-28-19-46-32-29(20-47-31(28)32)49-52(43,44)25-14-12-24(38)13-15-25/h8-15,18,28-29,31-32H,16-17,19-21H2,1-7H3/t28-,29-,31-,32-/m1/s1. The van der Waals surface area contributed by atoms with Gasteiger partial charge in [-0.3, -0.25) is 8.75 Å². The lowest BCUT2D eigenvalue weighted by Crippen LogP contribution is -2.41. The Morgan fingerprint density at radius 3 is 2.21 bits per heavy atom. The van der Waals surface area contributed by atoms with Crippen LogP contribution in [0.3, 0.4) is 0 Å². The average Bonchev–Trinajstić information content (AvgIpc) is 3.81. The molecule has 0 spiro atoms. The van der Waals surface area contributed by atoms with Crippen LogP contribution in [0.5, 0.6) is 6.01 Å². The predicted molar refractivity (Wildman–Crippen MR) is 208 cm³/mol. The second kappa shape index (κ2) is 14.6. The summed E-state index contributed by atoms with van der Waals surface area (Å²) in [6, 6.07) is 17.1. The Morgan fingerprint density at radius 2 is 1.57 bits per heavy atom. The van der Waals surface area contributed by atoms with E-state index in [0.29, 0.717) is 28.5 Å². The molecule has 0 unspecified atom stereocenters. The summed E-state index contributed by atoms with van der Waals surface area (Å²) in [7, 11) is -5.88. The van der Waals surface area contributed by atoms with Crippen LogP contribution in [0.1, 0.15) is 27.7 Å². The molecule has 2 aromatic carbocycles. The fraction of sp³-hybridized carbons (Fsp3) is 0.500. The fourth-order valence-electron chi connectivity index (χ4n) is 6.30. The van der Waals surface area contributed by atoms with Gasteiger partial charge >= 0.3 is 13.1 Å². The number of fused-ring (bicyclic) bond motifs is 2. The van der Waals surface area contributed by atoms with E-state index in [1.807, 2.05) is 58.0 Å². The predicted octanol–water partition coefficient (Wildman–Crippen LogP) is 6.44. The van der Waals surface area contributed by atoms with Gasteiger partial charge in [0.2, 0.25) is 0 Å². The highest BCUT2D eigenvalue weighted by atomic mass is 79.9. The molecule has 3 aliphatic heterocycles. The third-order valence-electron chi connectivity index (χ3n) is 10.2. The van der Waals surface area contributed by atoms with Crippen LogP contribution < -0.4 is 10.2 Å². The molecule has 12 nitrogen and oxygen atoms in total. The van der Waals surface area contributed by atoms with Gasteiger partial charge in [-0.15, -0.1) is 0 Å². The quantitative estimate of drug-likeness (QED) is 0.0887. The molecule has 5 heterocycles. The summed E-state index contributed by atoms with van der Waals surface area (Å²) in [4.78, 5) is 9.73. The minimum atomic E-state index is -4.06. The van der Waals surface area contributed by atoms with Gasteiger partial charge in [0.15, 0.2) is 11.8 Å². The van der Waals surface area contributed by atoms with Gasteiger partial charge in [0.25, 0.3) is 10.1 Å². The third-order valence-corrected chi connectivity index (χ3v) is 14.0. The number of halogens is 2. The summed E-state index contributed by atoms with van der Waals surface area (Å²) in [6.07, 6.45) is -2.68. The van der Waals surface area contributed by atoms with Gasteiger partial charge in [-0.25, -0.2) is 4.98 Å². The Labute approximate surface area is 325 Å². The zero-order valence-electron chi connectivity index (χ0n) is 30.8. The van der Waals surface area contributed by atoms with E-state index in [-0.39, 0.29) is 30.9 Å². The SMILES string of the molecule is CC1(C)OB(c2ccc(-c3nc4nc(O[C@@H]5CO[C@H]6[C@@H]5OC[C@H]6OS(=O)(=O)c5ccc(Br)cc5)n(COCC[Si](C)(C)C)c4cc3Cl)cc2)OC1(C)C. The van der Waals surface area contributed by atoms with Crippen molar-refractivity contribution in [1.29, 1.82) is 0 Å². The van der Waals surface area contributed by atoms with Crippen molar-refractivity contribution < 1.29 is 40.9 Å². The molecular formula is C36H44BBrClN3O9SSi. The van der Waals surface area contributed by atoms with Crippen LogP contribution in [0.25, 0.3) is 22.4 Å². The van der Waals surface area contributed by atoms with Crippen molar-refractivity contribution in [2.75, 3.05) is 19.8 Å². The molecule has 0 bridgehead atoms. The first-order valence-corrected chi connectivity index (χ1v) is 23.9. The summed E-state index contributed by atoms with van der Waals surface area (Å²) in [5, 5.41) is 0.436. The fourth-order valence-corrected chi connectivity index (χ4v) is 8.65. The second-order valence-electron chi connectivity index (χ2n) is 15.8. The van der Waals surface area contributed by atoms with Crippen LogP contribution in [0.15, 0.2) is 64.0 Å². The number of nitrogens with zero attached hydrogens (tertiary/aromatic N) is 3. The molecule has 0 N–H and O–H groups in total. The highest BCUT2D eigenvalue weighted by Gasteiger charge is 2.52. The first-order valence-electron chi connectivity index (χ1n) is 17.6. The van der Waals surface area contributed by atoms with Gasteiger partial charge in [0.1, 0.15) is 25.0 Å². The maximum Gasteiger partial charge on any atom is 0.494 e. The van der Waals surface area contributed by atoms with Crippen LogP contribution in [0.2, 0.25) is 30.7 Å². The second-order valence-corrected chi connectivity index (χ2v) is 24.4. The molecular weight excluding hydrogens is 805 g/mol. The molecule has 2 aromatic heterocycles. The first kappa shape index (κ1) is 38.9. The van der Waals surface area contributed by atoms with Gasteiger partial charge in [-0.1, -0.05) is 71.4 Å². The van der Waals surface area contributed by atoms with Gasteiger partial charge in [0, 0.05) is 24.7 Å². The van der Waals surface area contributed by atoms with Gasteiger partial charge < -0.3 is 28.3 Å². The van der Waals surface area contributed by atoms with Gasteiger partial charge in [0.05, 0.1) is 45.5 Å². The molecule has 3 saturated heterocycles. The van der Waals surface area contributed by atoms with Crippen molar-refractivity contribution >= 4 is 69.5 Å². The molecule has 4 atom stereocenters. The molecule has 17 heteroatoms. The summed E-state index contributed by atoms with van der Waals surface area (Å²) in [5.41, 5.74) is 2.42. The number of hydrogen-bond acceptors (Lipinski definition) is 11. The number of imidazole rings is 1. The van der Waals surface area contributed by atoms with Gasteiger partial charge in [-0.2, -0.15) is 13.4 Å². The molecule has 0 radical (unpaired) electrons. The van der Waals surface area contributed by atoms with E-state index in [9.17, 15) is 8.42 Å². The zero-order valence-corrected chi connectivity index (χ0v) is 35.0. The van der Waals surface area contributed by atoms with E-state index in [4.69, 9.17) is 54.0 Å². The number of ether oxygens (including phenoxy) is 4. The number of benzene rings is 2. The summed E-state index contributed by atoms with van der Waals surface area (Å²) >= 11 is 10.2. The molecule has 4 aromatic rings. The van der Waals surface area contributed by atoms with Crippen molar-refractivity contribution in [3.63, 3.8) is 0 Å². The molecule has 0 amide bonds. The number of aromatic nitrogens is 3. The van der Waals surface area contributed by atoms with Crippen molar-refractivity contribution in [3.8, 4) is 17.3 Å². The monoisotopic (exact) mass is 847 g/mol. The summed E-state index contributed by atoms with van der Waals surface area (Å²) in [5.74, 6) is 0. The Balaban J connectivity index is 1.12. The molecule has 7 rings (SSSR count). The lowest BCUT2D eigenvalue weighted by molar-refractivity contribution is 0.00578. The topological polar surface area (TPSA) is 129 Å². The minimum absolute atomic E-state index is 0.0228. The number of pyridine rings is 1. The molecule has 0 aliphatic carbocycles.